The lowest BCUT2D eigenvalue weighted by molar-refractivity contribution is -0.134. The highest BCUT2D eigenvalue weighted by atomic mass is 16.5. The molecule has 0 radical (unpaired) electrons. The normalized spacial score (nSPS) is 10.6. The lowest BCUT2D eigenvalue weighted by atomic mass is 10.1. The summed E-state index contributed by atoms with van der Waals surface area (Å²) in [6.07, 6.45) is 4.02. The first-order chi connectivity index (χ1) is 12.2. The molecule has 140 valence electrons. The number of ether oxygens (including phenoxy) is 1. The minimum atomic E-state index is -1.26. The molecule has 8 heteroatoms. The van der Waals surface area contributed by atoms with E-state index in [1.165, 1.54) is 12.5 Å². The van der Waals surface area contributed by atoms with E-state index < -0.39 is 11.9 Å². The second-order valence-corrected chi connectivity index (χ2v) is 5.65. The number of esters is 1. The smallest absolute Gasteiger partial charge is 0.328 e. The summed E-state index contributed by atoms with van der Waals surface area (Å²) in [4.78, 5) is 35.6. The molecule has 2 rings (SSSR count). The molecule has 0 spiro atoms. The monoisotopic (exact) mass is 362 g/mol. The van der Waals surface area contributed by atoms with Crippen LogP contribution >= 0.6 is 0 Å². The number of carboxylic acid groups (broad SMARTS) is 2. The summed E-state index contributed by atoms with van der Waals surface area (Å²) >= 11 is 0. The molecule has 1 aromatic heterocycles. The van der Waals surface area contributed by atoms with Crippen molar-refractivity contribution >= 4 is 28.8 Å². The molecule has 8 nitrogen and oxygen atoms in total. The molecule has 0 saturated carbocycles. The van der Waals surface area contributed by atoms with Gasteiger partial charge in [0.2, 0.25) is 0 Å². The Morgan fingerprint density at radius 1 is 1.15 bits per heavy atom. The van der Waals surface area contributed by atoms with Crippen molar-refractivity contribution in [2.75, 3.05) is 20.6 Å². The minimum Gasteiger partial charge on any atom is -0.478 e. The molecular formula is C18H22N2O6. The summed E-state index contributed by atoms with van der Waals surface area (Å²) in [6, 6.07) is 5.70. The van der Waals surface area contributed by atoms with Crippen LogP contribution in [0.25, 0.3) is 10.9 Å². The number of benzene rings is 1. The number of carbonyl (C=O) groups is 3. The molecule has 2 aromatic rings. The molecule has 1 heterocycles. The number of nitrogens with zero attached hydrogens (tertiary/aromatic N) is 1. The van der Waals surface area contributed by atoms with E-state index >= 15 is 0 Å². The van der Waals surface area contributed by atoms with Crippen molar-refractivity contribution in [2.24, 2.45) is 0 Å². The van der Waals surface area contributed by atoms with E-state index in [0.717, 1.165) is 23.9 Å². The molecule has 3 N–H and O–H groups in total. The van der Waals surface area contributed by atoms with Gasteiger partial charge < -0.3 is 24.8 Å². The molecule has 0 fully saturated rings. The average Bonchev–Trinajstić information content (AvgIpc) is 2.95. The Morgan fingerprint density at radius 3 is 2.27 bits per heavy atom. The van der Waals surface area contributed by atoms with Gasteiger partial charge in [0.25, 0.3) is 0 Å². The van der Waals surface area contributed by atoms with Crippen LogP contribution in [0.5, 0.6) is 5.75 Å². The van der Waals surface area contributed by atoms with Crippen LogP contribution in [0.15, 0.2) is 36.5 Å². The number of rotatable bonds is 6. The summed E-state index contributed by atoms with van der Waals surface area (Å²) in [5.41, 5.74) is 2.18. The Labute approximate surface area is 150 Å². The van der Waals surface area contributed by atoms with Gasteiger partial charge in [-0.25, -0.2) is 9.59 Å². The quantitative estimate of drug-likeness (QED) is 0.408. The molecule has 0 aliphatic heterocycles. The van der Waals surface area contributed by atoms with E-state index in [9.17, 15) is 14.4 Å². The third-order valence-corrected chi connectivity index (χ3v) is 3.20. The molecule has 0 bridgehead atoms. The maximum absolute atomic E-state index is 11.1. The fourth-order valence-electron chi connectivity index (χ4n) is 2.14. The number of nitrogens with one attached hydrogen (secondary N) is 1. The van der Waals surface area contributed by atoms with Crippen LogP contribution in [0, 0.1) is 0 Å². The van der Waals surface area contributed by atoms with Gasteiger partial charge in [-0.3, -0.25) is 4.79 Å². The Bertz CT molecular complexity index is 791. The van der Waals surface area contributed by atoms with Gasteiger partial charge in [0, 0.05) is 42.7 Å². The predicted octanol–water partition coefficient (Wildman–Crippen LogP) is 1.91. The van der Waals surface area contributed by atoms with Gasteiger partial charge in [0.15, 0.2) is 0 Å². The first-order valence-electron chi connectivity index (χ1n) is 7.76. The number of hydrogen-bond donors (Lipinski definition) is 3. The van der Waals surface area contributed by atoms with Crippen LogP contribution in [0.4, 0.5) is 0 Å². The molecule has 0 amide bonds. The fourth-order valence-corrected chi connectivity index (χ4v) is 2.14. The Hall–Kier alpha value is -3.13. The number of fused-ring (bicyclic) bond motifs is 1. The van der Waals surface area contributed by atoms with Gasteiger partial charge in [-0.15, -0.1) is 0 Å². The van der Waals surface area contributed by atoms with Crippen LogP contribution in [0.1, 0.15) is 12.5 Å². The van der Waals surface area contributed by atoms with Crippen LogP contribution in [0.2, 0.25) is 0 Å². The molecule has 0 unspecified atom stereocenters. The Kier molecular flexibility index (Phi) is 8.04. The Morgan fingerprint density at radius 2 is 1.77 bits per heavy atom. The molecular weight excluding hydrogens is 340 g/mol. The van der Waals surface area contributed by atoms with E-state index in [4.69, 9.17) is 14.9 Å². The van der Waals surface area contributed by atoms with Gasteiger partial charge in [0.1, 0.15) is 5.75 Å². The van der Waals surface area contributed by atoms with Crippen LogP contribution in [-0.2, 0) is 20.8 Å². The van der Waals surface area contributed by atoms with E-state index in [2.05, 4.69) is 9.88 Å². The van der Waals surface area contributed by atoms with Crippen molar-refractivity contribution in [1.82, 2.24) is 9.88 Å². The van der Waals surface area contributed by atoms with Crippen LogP contribution in [-0.4, -0.2) is 58.6 Å². The summed E-state index contributed by atoms with van der Waals surface area (Å²) in [6.45, 7) is 2.38. The van der Waals surface area contributed by atoms with Crippen molar-refractivity contribution in [1.29, 1.82) is 0 Å². The van der Waals surface area contributed by atoms with Crippen LogP contribution in [0.3, 0.4) is 0 Å². The van der Waals surface area contributed by atoms with Crippen molar-refractivity contribution in [2.45, 2.75) is 13.3 Å². The lowest BCUT2D eigenvalue weighted by Gasteiger charge is -2.09. The summed E-state index contributed by atoms with van der Waals surface area (Å²) < 4.78 is 5.26. The topological polar surface area (TPSA) is 120 Å². The second kappa shape index (κ2) is 10.00. The fraction of sp³-hybridized carbons (Fsp3) is 0.278. The highest BCUT2D eigenvalue weighted by Crippen LogP contribution is 2.29. The highest BCUT2D eigenvalue weighted by Gasteiger charge is 2.11. The predicted molar refractivity (Wildman–Crippen MR) is 96.3 cm³/mol. The summed E-state index contributed by atoms with van der Waals surface area (Å²) in [7, 11) is 4.09. The molecule has 0 aliphatic carbocycles. The number of aromatic nitrogens is 1. The minimum absolute atomic E-state index is 0.290. The number of carboxylic acids is 2. The number of carbonyl (C=O) groups excluding carboxylic acids is 1. The molecule has 26 heavy (non-hydrogen) atoms. The van der Waals surface area contributed by atoms with Gasteiger partial charge in [-0.1, -0.05) is 6.07 Å². The molecule has 0 saturated heterocycles. The number of hydrogen-bond acceptors (Lipinski definition) is 5. The van der Waals surface area contributed by atoms with Crippen LogP contribution < -0.4 is 4.74 Å². The van der Waals surface area contributed by atoms with E-state index in [0.29, 0.717) is 17.9 Å². The van der Waals surface area contributed by atoms with E-state index in [1.54, 1.807) is 0 Å². The Balaban J connectivity index is 0.000000359. The summed E-state index contributed by atoms with van der Waals surface area (Å²) in [5, 5.41) is 16.6. The molecule has 0 aliphatic rings. The molecule has 1 aromatic carbocycles. The SMILES string of the molecule is CC(=O)Oc1cccc2[nH]cc(CCN(C)C)c12.O=C(O)/C=C/C(=O)O. The lowest BCUT2D eigenvalue weighted by Crippen LogP contribution is -2.15. The number of aliphatic carboxylic acids is 2. The zero-order chi connectivity index (χ0) is 19.7. The first-order valence-corrected chi connectivity index (χ1v) is 7.76. The number of likely N-dealkylation sites (N-methyl/N-ethyl adjacent to an activating group) is 1. The zero-order valence-electron chi connectivity index (χ0n) is 14.9. The second-order valence-electron chi connectivity index (χ2n) is 5.65. The maximum atomic E-state index is 11.1. The van der Waals surface area contributed by atoms with Gasteiger partial charge >= 0.3 is 17.9 Å². The maximum Gasteiger partial charge on any atom is 0.328 e. The van der Waals surface area contributed by atoms with Crippen molar-refractivity contribution in [3.8, 4) is 5.75 Å². The summed E-state index contributed by atoms with van der Waals surface area (Å²) in [5.74, 6) is -2.17. The standard InChI is InChI=1S/C14H18N2O2.C4H4O4/c1-10(17)18-13-6-4-5-12-14(13)11(9-15-12)7-8-16(2)3;5-3(6)1-2-4(7)8/h4-6,9,15H,7-8H2,1-3H3;1-2H,(H,5,6)(H,7,8)/b;2-1+. The number of aromatic amines is 1. The van der Waals surface area contributed by atoms with Crippen molar-refractivity contribution in [3.63, 3.8) is 0 Å². The third kappa shape index (κ3) is 7.18. The van der Waals surface area contributed by atoms with E-state index in [-0.39, 0.29) is 5.97 Å². The largest absolute Gasteiger partial charge is 0.478 e. The number of H-pyrrole nitrogens is 1. The first kappa shape index (κ1) is 20.9. The van der Waals surface area contributed by atoms with E-state index in [1.807, 2.05) is 38.5 Å². The van der Waals surface area contributed by atoms with Crippen molar-refractivity contribution < 1.29 is 29.3 Å². The van der Waals surface area contributed by atoms with Gasteiger partial charge in [-0.05, 0) is 38.2 Å². The van der Waals surface area contributed by atoms with Gasteiger partial charge in [-0.2, -0.15) is 0 Å². The third-order valence-electron chi connectivity index (χ3n) is 3.20. The molecule has 0 atom stereocenters. The van der Waals surface area contributed by atoms with Crippen molar-refractivity contribution in [3.05, 3.63) is 42.1 Å². The van der Waals surface area contributed by atoms with Gasteiger partial charge in [0.05, 0.1) is 0 Å². The zero-order valence-corrected chi connectivity index (χ0v) is 14.9. The average molecular weight is 362 g/mol. The highest BCUT2D eigenvalue weighted by molar-refractivity contribution is 5.91.